The molecule has 1 unspecified atom stereocenters. The Hall–Kier alpha value is -3.55. The number of carbonyl (C=O) groups is 1. The summed E-state index contributed by atoms with van der Waals surface area (Å²) in [5, 5.41) is 3.50. The van der Waals surface area contributed by atoms with Crippen LogP contribution < -0.4 is 20.3 Å². The highest BCUT2D eigenvalue weighted by Crippen LogP contribution is 2.30. The van der Waals surface area contributed by atoms with Crippen LogP contribution in [0.15, 0.2) is 47.3 Å². The van der Waals surface area contributed by atoms with Crippen LogP contribution in [0.4, 0.5) is 10.5 Å². The van der Waals surface area contributed by atoms with Crippen molar-refractivity contribution in [2.45, 2.75) is 39.8 Å². The Kier molecular flexibility index (Phi) is 7.35. The number of nitrogens with one attached hydrogen (secondary N) is 1. The van der Waals surface area contributed by atoms with Gasteiger partial charge in [-0.05, 0) is 44.5 Å². The monoisotopic (exact) mass is 438 g/mol. The molecule has 1 N–H and O–H groups in total. The smallest absolute Gasteiger partial charge is 0.322 e. The van der Waals surface area contributed by atoms with Gasteiger partial charge in [0.25, 0.3) is 5.56 Å². The van der Waals surface area contributed by atoms with E-state index in [0.29, 0.717) is 53.4 Å². The zero-order chi connectivity index (χ0) is 23.3. The second-order valence-corrected chi connectivity index (χ2v) is 7.24. The van der Waals surface area contributed by atoms with Gasteiger partial charge in [-0.3, -0.25) is 9.36 Å². The van der Waals surface area contributed by atoms with Gasteiger partial charge in [-0.1, -0.05) is 19.1 Å². The van der Waals surface area contributed by atoms with E-state index in [9.17, 15) is 9.59 Å². The highest BCUT2D eigenvalue weighted by molar-refractivity contribution is 5.91. The summed E-state index contributed by atoms with van der Waals surface area (Å²) in [6, 6.07) is 11.8. The second-order valence-electron chi connectivity index (χ2n) is 7.24. The zero-order valence-electron chi connectivity index (χ0n) is 19.2. The first kappa shape index (κ1) is 23.1. The third kappa shape index (κ3) is 4.39. The molecule has 8 nitrogen and oxygen atoms in total. The molecule has 2 aromatic carbocycles. The first-order valence-electron chi connectivity index (χ1n) is 10.8. The summed E-state index contributed by atoms with van der Waals surface area (Å²) in [5.41, 5.74) is 1.06. The Morgan fingerprint density at radius 3 is 2.50 bits per heavy atom. The number of carbonyl (C=O) groups excluding carboxylic acids is 1. The molecule has 0 radical (unpaired) electrons. The number of anilines is 1. The number of rotatable bonds is 8. The van der Waals surface area contributed by atoms with Gasteiger partial charge in [0.05, 0.1) is 36.9 Å². The molecule has 1 atom stereocenters. The van der Waals surface area contributed by atoms with Crippen LogP contribution in [-0.2, 0) is 6.54 Å². The lowest BCUT2D eigenvalue weighted by Crippen LogP contribution is -2.41. The summed E-state index contributed by atoms with van der Waals surface area (Å²) in [6.07, 6.45) is 0.603. The predicted molar refractivity (Wildman–Crippen MR) is 126 cm³/mol. The van der Waals surface area contributed by atoms with Crippen LogP contribution in [0.5, 0.6) is 11.5 Å². The Labute approximate surface area is 187 Å². The summed E-state index contributed by atoms with van der Waals surface area (Å²) < 4.78 is 12.3. The topological polar surface area (TPSA) is 85.7 Å². The number of urea groups is 1. The van der Waals surface area contributed by atoms with Gasteiger partial charge >= 0.3 is 6.03 Å². The molecule has 0 aliphatic rings. The van der Waals surface area contributed by atoms with Crippen LogP contribution in [0.3, 0.4) is 0 Å². The molecule has 8 heteroatoms. The Morgan fingerprint density at radius 2 is 1.88 bits per heavy atom. The van der Waals surface area contributed by atoms with Gasteiger partial charge in [0.2, 0.25) is 0 Å². The fraction of sp³-hybridized carbons (Fsp3) is 0.375. The molecule has 32 heavy (non-hydrogen) atoms. The number of aromatic nitrogens is 2. The van der Waals surface area contributed by atoms with Crippen LogP contribution >= 0.6 is 0 Å². The van der Waals surface area contributed by atoms with E-state index in [4.69, 9.17) is 14.5 Å². The van der Waals surface area contributed by atoms with E-state index in [0.717, 1.165) is 0 Å². The molecule has 3 rings (SSSR count). The van der Waals surface area contributed by atoms with E-state index in [2.05, 4.69) is 5.32 Å². The molecule has 2 amide bonds. The van der Waals surface area contributed by atoms with Crippen molar-refractivity contribution in [3.63, 3.8) is 0 Å². The fourth-order valence-electron chi connectivity index (χ4n) is 3.88. The fourth-order valence-corrected chi connectivity index (χ4v) is 3.88. The van der Waals surface area contributed by atoms with Gasteiger partial charge in [0, 0.05) is 19.2 Å². The van der Waals surface area contributed by atoms with Crippen molar-refractivity contribution in [1.29, 1.82) is 0 Å². The minimum Gasteiger partial charge on any atom is -0.497 e. The molecule has 0 fully saturated rings. The molecule has 1 heterocycles. The summed E-state index contributed by atoms with van der Waals surface area (Å²) >= 11 is 0. The van der Waals surface area contributed by atoms with Crippen LogP contribution in [0.25, 0.3) is 10.9 Å². The standard InChI is InChI=1S/C24H30N4O4/c1-6-20(22-25-18-12-10-9-11-17(18)23(29)28(22)8-3)27(7-2)24(30)26-19-14-13-16(31-4)15-21(19)32-5/h9-15,20H,6-8H2,1-5H3,(H,26,30). The van der Waals surface area contributed by atoms with Gasteiger partial charge < -0.3 is 19.7 Å². The Bertz CT molecular complexity index is 1160. The summed E-state index contributed by atoms with van der Waals surface area (Å²) in [6.45, 7) is 6.70. The average Bonchev–Trinajstić information content (AvgIpc) is 2.82. The van der Waals surface area contributed by atoms with E-state index < -0.39 is 0 Å². The molecular weight excluding hydrogens is 408 g/mol. The van der Waals surface area contributed by atoms with E-state index in [1.807, 2.05) is 39.0 Å². The SMILES string of the molecule is CCC(c1nc2ccccc2c(=O)n1CC)N(CC)C(=O)Nc1ccc(OC)cc1OC. The number of hydrogen-bond acceptors (Lipinski definition) is 5. The number of nitrogens with zero attached hydrogens (tertiary/aromatic N) is 3. The number of amides is 2. The molecule has 3 aromatic rings. The lowest BCUT2D eigenvalue weighted by atomic mass is 10.1. The average molecular weight is 439 g/mol. The molecule has 170 valence electrons. The Balaban J connectivity index is 2.00. The Morgan fingerprint density at radius 1 is 1.12 bits per heavy atom. The van der Waals surface area contributed by atoms with Gasteiger partial charge in [-0.15, -0.1) is 0 Å². The molecule has 0 aliphatic heterocycles. The minimum atomic E-state index is -0.374. The first-order valence-corrected chi connectivity index (χ1v) is 10.8. The van der Waals surface area contributed by atoms with Crippen LogP contribution in [0.1, 0.15) is 39.1 Å². The number of hydrogen-bond donors (Lipinski definition) is 1. The van der Waals surface area contributed by atoms with Crippen molar-refractivity contribution in [2.24, 2.45) is 0 Å². The largest absolute Gasteiger partial charge is 0.497 e. The van der Waals surface area contributed by atoms with E-state index in [1.54, 1.807) is 40.8 Å². The van der Waals surface area contributed by atoms with Crippen LogP contribution in [-0.4, -0.2) is 41.2 Å². The number of fused-ring (bicyclic) bond motifs is 1. The van der Waals surface area contributed by atoms with Gasteiger partial charge in [-0.2, -0.15) is 0 Å². The molecular formula is C24H30N4O4. The van der Waals surface area contributed by atoms with Gasteiger partial charge in [0.15, 0.2) is 0 Å². The molecule has 1 aromatic heterocycles. The van der Waals surface area contributed by atoms with Crippen molar-refractivity contribution in [2.75, 3.05) is 26.1 Å². The summed E-state index contributed by atoms with van der Waals surface area (Å²) in [5.74, 6) is 1.71. The molecule has 0 saturated carbocycles. The maximum atomic E-state index is 13.3. The quantitative estimate of drug-likeness (QED) is 0.562. The maximum Gasteiger partial charge on any atom is 0.322 e. The number of para-hydroxylation sites is 1. The van der Waals surface area contributed by atoms with E-state index in [1.165, 1.54) is 7.11 Å². The van der Waals surface area contributed by atoms with Gasteiger partial charge in [-0.25, -0.2) is 9.78 Å². The van der Waals surface area contributed by atoms with E-state index >= 15 is 0 Å². The van der Waals surface area contributed by atoms with Gasteiger partial charge in [0.1, 0.15) is 17.3 Å². The van der Waals surface area contributed by atoms with Crippen molar-refractivity contribution in [1.82, 2.24) is 14.5 Å². The highest BCUT2D eigenvalue weighted by atomic mass is 16.5. The van der Waals surface area contributed by atoms with E-state index in [-0.39, 0.29) is 17.6 Å². The first-order chi connectivity index (χ1) is 15.5. The summed E-state index contributed by atoms with van der Waals surface area (Å²) in [7, 11) is 3.11. The minimum absolute atomic E-state index is 0.0974. The third-order valence-electron chi connectivity index (χ3n) is 5.52. The number of benzene rings is 2. The number of ether oxygens (including phenoxy) is 2. The van der Waals surface area contributed by atoms with Crippen molar-refractivity contribution in [3.8, 4) is 11.5 Å². The normalized spacial score (nSPS) is 11.8. The lowest BCUT2D eigenvalue weighted by Gasteiger charge is -2.31. The number of methoxy groups -OCH3 is 2. The lowest BCUT2D eigenvalue weighted by molar-refractivity contribution is 0.184. The zero-order valence-corrected chi connectivity index (χ0v) is 19.2. The second kappa shape index (κ2) is 10.2. The third-order valence-corrected chi connectivity index (χ3v) is 5.52. The molecule has 0 bridgehead atoms. The van der Waals surface area contributed by atoms with Crippen LogP contribution in [0.2, 0.25) is 0 Å². The molecule has 0 aliphatic carbocycles. The van der Waals surface area contributed by atoms with Crippen molar-refractivity contribution >= 4 is 22.6 Å². The summed E-state index contributed by atoms with van der Waals surface area (Å²) in [4.78, 5) is 32.9. The van der Waals surface area contributed by atoms with Crippen molar-refractivity contribution in [3.05, 3.63) is 58.6 Å². The molecule has 0 spiro atoms. The maximum absolute atomic E-state index is 13.3. The molecule has 0 saturated heterocycles. The highest BCUT2D eigenvalue weighted by Gasteiger charge is 2.27. The van der Waals surface area contributed by atoms with Crippen molar-refractivity contribution < 1.29 is 14.3 Å². The van der Waals surface area contributed by atoms with Crippen LogP contribution in [0, 0.1) is 0 Å². The predicted octanol–water partition coefficient (Wildman–Crippen LogP) is 4.44.